The van der Waals surface area contributed by atoms with Gasteiger partial charge in [0.1, 0.15) is 6.23 Å². The Balaban J connectivity index is 1.60. The predicted molar refractivity (Wildman–Crippen MR) is 101 cm³/mol. The van der Waals surface area contributed by atoms with Crippen molar-refractivity contribution in [2.75, 3.05) is 18.6 Å². The number of fused-ring (bicyclic) bond motifs is 2. The van der Waals surface area contributed by atoms with E-state index in [0.29, 0.717) is 12.8 Å². The number of alkyl halides is 3. The number of nitrogens with zero attached hydrogens (tertiary/aromatic N) is 3. The van der Waals surface area contributed by atoms with Gasteiger partial charge in [-0.2, -0.15) is 18.4 Å². The van der Waals surface area contributed by atoms with Gasteiger partial charge in [-0.05, 0) is 25.1 Å². The second-order valence-corrected chi connectivity index (χ2v) is 9.03. The number of nitriles is 1. The zero-order valence-electron chi connectivity index (χ0n) is 17.2. The van der Waals surface area contributed by atoms with Crippen LogP contribution in [0.15, 0.2) is 18.2 Å². The molecule has 0 saturated carbocycles. The number of anilines is 1. The highest BCUT2D eigenvalue weighted by Crippen LogP contribution is 2.66. The molecule has 4 saturated heterocycles. The van der Waals surface area contributed by atoms with Gasteiger partial charge in [0.15, 0.2) is 0 Å². The molecule has 4 aliphatic rings. The fraction of sp³-hybridized carbons (Fsp3) is 0.571. The molecule has 0 unspecified atom stereocenters. The molecule has 8 nitrogen and oxygen atoms in total. The Labute approximate surface area is 181 Å². The molecule has 0 aliphatic carbocycles. The highest BCUT2D eigenvalue weighted by Gasteiger charge is 2.78. The summed E-state index contributed by atoms with van der Waals surface area (Å²) in [6.45, 7) is 1.92. The van der Waals surface area contributed by atoms with Crippen molar-refractivity contribution in [3.63, 3.8) is 0 Å². The summed E-state index contributed by atoms with van der Waals surface area (Å²) >= 11 is 0. The largest absolute Gasteiger partial charge is 0.465 e. The van der Waals surface area contributed by atoms with E-state index >= 15 is 0 Å². The first-order chi connectivity index (χ1) is 14.9. The van der Waals surface area contributed by atoms with Crippen LogP contribution in [0, 0.1) is 23.2 Å². The first-order valence-electron chi connectivity index (χ1n) is 10.2. The number of likely N-dealkylation sites (N-methyl/N-ethyl adjacent to an activating group) is 1. The molecule has 4 fully saturated rings. The Kier molecular flexibility index (Phi) is 4.18. The molecule has 11 heteroatoms. The SMILES string of the molecule is CN(C(=O)O)[C@H]1C[C@]23CCO[C@@H]4[C@H]2[C@@H](C(=O)N4c2ccc(C#N)c(C(F)(F)F)c2)[C@@]1(C)O3. The van der Waals surface area contributed by atoms with Crippen molar-refractivity contribution in [2.45, 2.75) is 49.4 Å². The lowest BCUT2D eigenvalue weighted by molar-refractivity contribution is -0.141. The van der Waals surface area contributed by atoms with Gasteiger partial charge in [0.2, 0.25) is 5.91 Å². The van der Waals surface area contributed by atoms with Gasteiger partial charge in [-0.15, -0.1) is 0 Å². The summed E-state index contributed by atoms with van der Waals surface area (Å²) in [5.41, 5.74) is -3.59. The highest BCUT2D eigenvalue weighted by atomic mass is 19.4. The normalized spacial score (nSPS) is 37.4. The third-order valence-corrected chi connectivity index (χ3v) is 7.56. The Bertz CT molecular complexity index is 1070. The van der Waals surface area contributed by atoms with Gasteiger partial charge in [0.25, 0.3) is 0 Å². The fourth-order valence-corrected chi connectivity index (χ4v) is 6.27. The minimum Gasteiger partial charge on any atom is -0.465 e. The molecule has 1 spiro atoms. The van der Waals surface area contributed by atoms with E-state index in [9.17, 15) is 27.9 Å². The Morgan fingerprint density at radius 1 is 1.41 bits per heavy atom. The van der Waals surface area contributed by atoms with Crippen LogP contribution in [0.5, 0.6) is 0 Å². The third-order valence-electron chi connectivity index (χ3n) is 7.56. The number of hydrogen-bond donors (Lipinski definition) is 1. The quantitative estimate of drug-likeness (QED) is 0.742. The maximum atomic E-state index is 13.6. The van der Waals surface area contributed by atoms with Gasteiger partial charge < -0.3 is 19.5 Å². The van der Waals surface area contributed by atoms with E-state index in [1.54, 1.807) is 6.92 Å². The Morgan fingerprint density at radius 2 is 2.12 bits per heavy atom. The molecule has 2 bridgehead atoms. The first kappa shape index (κ1) is 21.0. The van der Waals surface area contributed by atoms with Crippen molar-refractivity contribution in [3.05, 3.63) is 29.3 Å². The minimum absolute atomic E-state index is 0.0103. The number of hydrogen-bond acceptors (Lipinski definition) is 5. The Hall–Kier alpha value is -2.84. The van der Waals surface area contributed by atoms with Gasteiger partial charge in [-0.25, -0.2) is 4.79 Å². The fourth-order valence-electron chi connectivity index (χ4n) is 6.27. The number of rotatable bonds is 2. The summed E-state index contributed by atoms with van der Waals surface area (Å²) in [6.07, 6.45) is -5.89. The van der Waals surface area contributed by atoms with E-state index in [0.717, 1.165) is 17.0 Å². The van der Waals surface area contributed by atoms with Crippen molar-refractivity contribution in [1.29, 1.82) is 5.26 Å². The van der Waals surface area contributed by atoms with E-state index in [1.165, 1.54) is 24.1 Å². The summed E-state index contributed by atoms with van der Waals surface area (Å²) in [7, 11) is 1.43. The number of ether oxygens (including phenoxy) is 2. The smallest absolute Gasteiger partial charge is 0.417 e. The van der Waals surface area contributed by atoms with Crippen LogP contribution in [0.1, 0.15) is 30.9 Å². The molecule has 0 radical (unpaired) electrons. The maximum Gasteiger partial charge on any atom is 0.417 e. The van der Waals surface area contributed by atoms with Crippen LogP contribution in [-0.2, 0) is 20.4 Å². The van der Waals surface area contributed by atoms with Crippen molar-refractivity contribution in [2.24, 2.45) is 11.8 Å². The van der Waals surface area contributed by atoms with Crippen molar-refractivity contribution in [3.8, 4) is 6.07 Å². The van der Waals surface area contributed by atoms with Crippen LogP contribution in [0.3, 0.4) is 0 Å². The topological polar surface area (TPSA) is 103 Å². The lowest BCUT2D eigenvalue weighted by Gasteiger charge is -2.44. The molecule has 1 N–H and O–H groups in total. The summed E-state index contributed by atoms with van der Waals surface area (Å²) in [5, 5.41) is 18.6. The molecule has 1 aromatic carbocycles. The molecule has 0 aromatic heterocycles. The average molecular weight is 451 g/mol. The molecule has 1 aromatic rings. The van der Waals surface area contributed by atoms with Crippen LogP contribution in [0.2, 0.25) is 0 Å². The summed E-state index contributed by atoms with van der Waals surface area (Å²) < 4.78 is 52.8. The molecule has 4 heterocycles. The molecule has 5 rings (SSSR count). The average Bonchev–Trinajstić information content (AvgIpc) is 3.30. The molecule has 4 aliphatic heterocycles. The Morgan fingerprint density at radius 3 is 2.75 bits per heavy atom. The number of carbonyl (C=O) groups is 2. The number of benzene rings is 1. The molecule has 2 amide bonds. The van der Waals surface area contributed by atoms with Gasteiger partial charge in [-0.3, -0.25) is 9.69 Å². The number of carboxylic acid groups (broad SMARTS) is 1. The van der Waals surface area contributed by atoms with Crippen LogP contribution in [0.4, 0.5) is 23.7 Å². The van der Waals surface area contributed by atoms with Crippen LogP contribution < -0.4 is 4.90 Å². The van der Waals surface area contributed by atoms with Crippen LogP contribution in [-0.4, -0.2) is 59.1 Å². The number of halogens is 3. The van der Waals surface area contributed by atoms with Gasteiger partial charge >= 0.3 is 12.3 Å². The van der Waals surface area contributed by atoms with E-state index in [2.05, 4.69) is 0 Å². The first-order valence-corrected chi connectivity index (χ1v) is 10.2. The zero-order chi connectivity index (χ0) is 23.2. The monoisotopic (exact) mass is 451 g/mol. The van der Waals surface area contributed by atoms with Crippen LogP contribution >= 0.6 is 0 Å². The predicted octanol–water partition coefficient (Wildman–Crippen LogP) is 2.81. The molecule has 6 atom stereocenters. The second-order valence-electron chi connectivity index (χ2n) is 9.03. The summed E-state index contributed by atoms with van der Waals surface area (Å²) in [5.74, 6) is -1.66. The molecule has 170 valence electrons. The molecule has 32 heavy (non-hydrogen) atoms. The number of amides is 2. The lowest BCUT2D eigenvalue weighted by atomic mass is 9.64. The van der Waals surface area contributed by atoms with E-state index in [-0.39, 0.29) is 12.3 Å². The van der Waals surface area contributed by atoms with Crippen LogP contribution in [0.25, 0.3) is 0 Å². The maximum absolute atomic E-state index is 13.6. The van der Waals surface area contributed by atoms with E-state index < -0.39 is 64.6 Å². The number of carbonyl (C=O) groups excluding carboxylic acids is 1. The molecular formula is C21H20F3N3O5. The minimum atomic E-state index is -4.77. The summed E-state index contributed by atoms with van der Waals surface area (Å²) in [6, 6.07) is 4.12. The standard InChI is InChI=1S/C21H20F3N3O5/c1-19-13(26(2)18(29)30)8-20(32-19)5-6-31-17-15(20)14(19)16(28)27(17)11-4-3-10(9-25)12(7-11)21(22,23)24/h3-4,7,13-15,17H,5-6,8H2,1-2H3,(H,29,30)/t13-,14-,15+,17+,19-,20+/m0/s1. The van der Waals surface area contributed by atoms with Gasteiger partial charge in [0, 0.05) is 31.5 Å². The van der Waals surface area contributed by atoms with E-state index in [4.69, 9.17) is 14.7 Å². The van der Waals surface area contributed by atoms with Crippen molar-refractivity contribution >= 4 is 17.7 Å². The van der Waals surface area contributed by atoms with Crippen molar-refractivity contribution in [1.82, 2.24) is 4.90 Å². The summed E-state index contributed by atoms with van der Waals surface area (Å²) in [4.78, 5) is 27.6. The van der Waals surface area contributed by atoms with E-state index in [1.807, 2.05) is 0 Å². The van der Waals surface area contributed by atoms with Crippen molar-refractivity contribution < 1.29 is 37.3 Å². The molecular weight excluding hydrogens is 431 g/mol. The lowest BCUT2D eigenvalue weighted by Crippen LogP contribution is -2.58. The van der Waals surface area contributed by atoms with Gasteiger partial charge in [-0.1, -0.05) is 0 Å². The highest BCUT2D eigenvalue weighted by molar-refractivity contribution is 6.00. The second kappa shape index (κ2) is 6.36. The van der Waals surface area contributed by atoms with Gasteiger partial charge in [0.05, 0.1) is 47.0 Å². The third kappa shape index (κ3) is 2.50. The zero-order valence-corrected chi connectivity index (χ0v) is 17.2.